The molecular weight excluding hydrogens is 126 g/mol. The van der Waals surface area contributed by atoms with Crippen molar-refractivity contribution in [3.05, 3.63) is 31.1 Å². The molecule has 52 valence electrons. The predicted octanol–water partition coefficient (Wildman–Crippen LogP) is 1.22. The number of rotatable bonds is 2. The van der Waals surface area contributed by atoms with Crippen LogP contribution in [0.1, 0.15) is 0 Å². The summed E-state index contributed by atoms with van der Waals surface area (Å²) < 4.78 is 0. The highest BCUT2D eigenvalue weighted by Gasteiger charge is 1.92. The summed E-state index contributed by atoms with van der Waals surface area (Å²) in [4.78, 5) is 3.96. The van der Waals surface area contributed by atoms with Crippen LogP contribution in [0.5, 0.6) is 0 Å². The number of aromatic nitrogens is 1. The molecule has 0 fully saturated rings. The second-order valence-corrected chi connectivity index (χ2v) is 1.79. The van der Waals surface area contributed by atoms with Gasteiger partial charge in [0, 0.05) is 6.20 Å². The summed E-state index contributed by atoms with van der Waals surface area (Å²) >= 11 is 0. The van der Waals surface area contributed by atoms with Crippen LogP contribution in [0.15, 0.2) is 31.1 Å². The van der Waals surface area contributed by atoms with E-state index in [1.54, 1.807) is 24.5 Å². The van der Waals surface area contributed by atoms with Crippen molar-refractivity contribution in [2.75, 3.05) is 11.1 Å². The van der Waals surface area contributed by atoms with Gasteiger partial charge in [0.1, 0.15) is 0 Å². The van der Waals surface area contributed by atoms with Gasteiger partial charge in [-0.05, 0) is 18.3 Å². The van der Waals surface area contributed by atoms with Gasteiger partial charge in [-0.25, -0.2) is 4.98 Å². The number of hydrogen-bond donors (Lipinski definition) is 2. The average Bonchev–Trinajstić information content (AvgIpc) is 1.94. The zero-order valence-electron chi connectivity index (χ0n) is 5.54. The van der Waals surface area contributed by atoms with Gasteiger partial charge in [-0.2, -0.15) is 0 Å². The lowest BCUT2D eigenvalue weighted by Gasteiger charge is -2.00. The molecule has 0 bridgehead atoms. The van der Waals surface area contributed by atoms with Crippen LogP contribution in [0.3, 0.4) is 0 Å². The van der Waals surface area contributed by atoms with E-state index in [0.717, 1.165) is 0 Å². The number of pyridine rings is 1. The van der Waals surface area contributed by atoms with Gasteiger partial charge in [-0.3, -0.25) is 0 Å². The van der Waals surface area contributed by atoms with E-state index in [0.29, 0.717) is 11.5 Å². The Morgan fingerprint density at radius 3 is 3.10 bits per heavy atom. The van der Waals surface area contributed by atoms with Gasteiger partial charge < -0.3 is 11.1 Å². The molecule has 1 heterocycles. The molecule has 1 aromatic heterocycles. The molecule has 0 amide bonds. The normalized spacial score (nSPS) is 8.80. The van der Waals surface area contributed by atoms with E-state index in [4.69, 9.17) is 5.73 Å². The average molecular weight is 135 g/mol. The highest BCUT2D eigenvalue weighted by Crippen LogP contribution is 2.11. The Balaban J connectivity index is 2.91. The van der Waals surface area contributed by atoms with Crippen molar-refractivity contribution in [2.24, 2.45) is 0 Å². The predicted molar refractivity (Wildman–Crippen MR) is 42.5 cm³/mol. The van der Waals surface area contributed by atoms with E-state index < -0.39 is 0 Å². The monoisotopic (exact) mass is 135 g/mol. The minimum atomic E-state index is 0.627. The molecule has 0 aliphatic carbocycles. The molecule has 0 saturated heterocycles. The van der Waals surface area contributed by atoms with Crippen LogP contribution in [0, 0.1) is 0 Å². The number of hydrogen-bond acceptors (Lipinski definition) is 3. The minimum absolute atomic E-state index is 0.627. The summed E-state index contributed by atoms with van der Waals surface area (Å²) in [5, 5.41) is 2.80. The highest BCUT2D eigenvalue weighted by molar-refractivity contribution is 5.61. The first-order chi connectivity index (χ1) is 4.84. The van der Waals surface area contributed by atoms with Crippen LogP contribution in [-0.4, -0.2) is 4.98 Å². The molecule has 0 aliphatic heterocycles. The Bertz CT molecular complexity index is 232. The van der Waals surface area contributed by atoms with Crippen LogP contribution in [0.25, 0.3) is 0 Å². The number of anilines is 2. The number of nitrogens with zero attached hydrogens (tertiary/aromatic N) is 1. The Labute approximate surface area is 59.6 Å². The van der Waals surface area contributed by atoms with Crippen LogP contribution in [-0.2, 0) is 0 Å². The second kappa shape index (κ2) is 2.87. The van der Waals surface area contributed by atoms with Gasteiger partial charge in [0.05, 0.1) is 5.69 Å². The van der Waals surface area contributed by atoms with Crippen molar-refractivity contribution >= 4 is 11.5 Å². The molecule has 1 aromatic rings. The van der Waals surface area contributed by atoms with Gasteiger partial charge in [-0.1, -0.05) is 6.58 Å². The lowest BCUT2D eigenvalue weighted by molar-refractivity contribution is 1.31. The summed E-state index contributed by atoms with van der Waals surface area (Å²) in [7, 11) is 0. The number of nitrogens with two attached hydrogens (primary N) is 1. The second-order valence-electron chi connectivity index (χ2n) is 1.79. The SMILES string of the molecule is C=CNc1ncccc1N. The smallest absolute Gasteiger partial charge is 0.153 e. The molecule has 0 unspecified atom stereocenters. The fraction of sp³-hybridized carbons (Fsp3) is 0. The third-order valence-electron chi connectivity index (χ3n) is 1.08. The molecule has 3 heteroatoms. The summed E-state index contributed by atoms with van der Waals surface area (Å²) in [5.41, 5.74) is 6.16. The van der Waals surface area contributed by atoms with Crippen molar-refractivity contribution in [3.8, 4) is 0 Å². The van der Waals surface area contributed by atoms with Gasteiger partial charge in [0.2, 0.25) is 0 Å². The first-order valence-electron chi connectivity index (χ1n) is 2.92. The Kier molecular flexibility index (Phi) is 1.89. The number of nitrogens with one attached hydrogen (secondary N) is 1. The van der Waals surface area contributed by atoms with Crippen LogP contribution in [0.4, 0.5) is 11.5 Å². The maximum Gasteiger partial charge on any atom is 0.153 e. The number of nitrogen functional groups attached to an aromatic ring is 1. The molecular formula is C7H9N3. The first-order valence-corrected chi connectivity index (χ1v) is 2.92. The Morgan fingerprint density at radius 2 is 2.50 bits per heavy atom. The third kappa shape index (κ3) is 1.25. The molecule has 0 spiro atoms. The van der Waals surface area contributed by atoms with E-state index in [2.05, 4.69) is 16.9 Å². The zero-order valence-corrected chi connectivity index (χ0v) is 5.54. The van der Waals surface area contributed by atoms with E-state index in [1.807, 2.05) is 0 Å². The standard InChI is InChI=1S/C7H9N3/c1-2-9-7-6(8)4-3-5-10-7/h2-5H,1,8H2,(H,9,10). The van der Waals surface area contributed by atoms with Crippen molar-refractivity contribution in [2.45, 2.75) is 0 Å². The highest BCUT2D eigenvalue weighted by atomic mass is 15.0. The Morgan fingerprint density at radius 1 is 1.70 bits per heavy atom. The molecule has 0 aliphatic rings. The van der Waals surface area contributed by atoms with Crippen molar-refractivity contribution in [1.82, 2.24) is 4.98 Å². The molecule has 3 nitrogen and oxygen atoms in total. The summed E-state index contributed by atoms with van der Waals surface area (Å²) in [6.07, 6.45) is 3.21. The maximum atomic E-state index is 5.53. The van der Waals surface area contributed by atoms with E-state index in [1.165, 1.54) is 0 Å². The molecule has 0 atom stereocenters. The van der Waals surface area contributed by atoms with E-state index >= 15 is 0 Å². The molecule has 3 N–H and O–H groups in total. The largest absolute Gasteiger partial charge is 0.396 e. The van der Waals surface area contributed by atoms with Crippen LogP contribution in [0.2, 0.25) is 0 Å². The fourth-order valence-corrected chi connectivity index (χ4v) is 0.635. The first kappa shape index (κ1) is 6.61. The van der Waals surface area contributed by atoms with Gasteiger partial charge in [-0.15, -0.1) is 0 Å². The molecule has 0 radical (unpaired) electrons. The molecule has 10 heavy (non-hydrogen) atoms. The molecule has 0 aromatic carbocycles. The minimum Gasteiger partial charge on any atom is -0.396 e. The van der Waals surface area contributed by atoms with Crippen LogP contribution < -0.4 is 11.1 Å². The lowest BCUT2D eigenvalue weighted by atomic mass is 10.4. The molecule has 0 saturated carbocycles. The van der Waals surface area contributed by atoms with Crippen molar-refractivity contribution in [1.29, 1.82) is 0 Å². The van der Waals surface area contributed by atoms with Gasteiger partial charge in [0.15, 0.2) is 5.82 Å². The quantitative estimate of drug-likeness (QED) is 0.641. The fourth-order valence-electron chi connectivity index (χ4n) is 0.635. The van der Waals surface area contributed by atoms with E-state index in [9.17, 15) is 0 Å². The van der Waals surface area contributed by atoms with Gasteiger partial charge >= 0.3 is 0 Å². The van der Waals surface area contributed by atoms with Crippen molar-refractivity contribution < 1.29 is 0 Å². The lowest BCUT2D eigenvalue weighted by Crippen LogP contribution is -1.95. The Hall–Kier alpha value is -1.51. The summed E-state index contributed by atoms with van der Waals surface area (Å²) in [5.74, 6) is 0.650. The van der Waals surface area contributed by atoms with Crippen LogP contribution >= 0.6 is 0 Å². The summed E-state index contributed by atoms with van der Waals surface area (Å²) in [6.45, 7) is 3.49. The van der Waals surface area contributed by atoms with Gasteiger partial charge in [0.25, 0.3) is 0 Å². The van der Waals surface area contributed by atoms with Crippen molar-refractivity contribution in [3.63, 3.8) is 0 Å². The topological polar surface area (TPSA) is 50.9 Å². The molecule has 1 rings (SSSR count). The maximum absolute atomic E-state index is 5.53. The zero-order chi connectivity index (χ0) is 7.40. The summed E-state index contributed by atoms with van der Waals surface area (Å²) in [6, 6.07) is 3.56. The third-order valence-corrected chi connectivity index (χ3v) is 1.08. The van der Waals surface area contributed by atoms with E-state index in [-0.39, 0.29) is 0 Å².